The molecule has 12 heavy (non-hydrogen) atoms. The van der Waals surface area contributed by atoms with E-state index in [9.17, 15) is 0 Å². The number of rotatable bonds is 0. The van der Waals surface area contributed by atoms with Gasteiger partial charge in [-0.3, -0.25) is 0 Å². The molecule has 0 radical (unpaired) electrons. The molecule has 1 N–H and O–H groups in total. The highest BCUT2D eigenvalue weighted by atomic mass is 79.9. The molecule has 0 bridgehead atoms. The fourth-order valence-corrected chi connectivity index (χ4v) is 1.61. The molecular weight excluding hydrogens is 218 g/mol. The molecule has 0 aliphatic rings. The van der Waals surface area contributed by atoms with E-state index in [2.05, 4.69) is 20.9 Å². The maximum Gasteiger partial charge on any atom is 0.211 e. The Labute approximate surface area is 78.0 Å². The van der Waals surface area contributed by atoms with Crippen LogP contribution in [0, 0.1) is 0 Å². The quantitative estimate of drug-likeness (QED) is 0.746. The van der Waals surface area contributed by atoms with Crippen LogP contribution in [0.5, 0.6) is 5.88 Å². The number of hydrogen-bond donors (Lipinski definition) is 1. The van der Waals surface area contributed by atoms with Gasteiger partial charge in [-0.15, -0.1) is 0 Å². The van der Waals surface area contributed by atoms with Crippen LogP contribution in [0.2, 0.25) is 0 Å². The summed E-state index contributed by atoms with van der Waals surface area (Å²) in [6, 6.07) is 7.44. The average Bonchev–Trinajstić information content (AvgIpc) is 2.04. The first kappa shape index (κ1) is 7.55. The average molecular weight is 224 g/mol. The number of aromatic hydroxyl groups is 1. The first-order valence-corrected chi connectivity index (χ1v) is 4.30. The molecule has 2 aromatic rings. The van der Waals surface area contributed by atoms with Gasteiger partial charge in [-0.1, -0.05) is 28.1 Å². The summed E-state index contributed by atoms with van der Waals surface area (Å²) in [5, 5.41) is 11.1. The normalized spacial score (nSPS) is 10.4. The van der Waals surface area contributed by atoms with Crippen molar-refractivity contribution in [3.8, 4) is 5.88 Å². The van der Waals surface area contributed by atoms with E-state index < -0.39 is 0 Å². The first-order chi connectivity index (χ1) is 5.77. The molecule has 0 saturated carbocycles. The second kappa shape index (κ2) is 2.75. The van der Waals surface area contributed by atoms with Gasteiger partial charge in [0, 0.05) is 22.1 Å². The fraction of sp³-hybridized carbons (Fsp3) is 0. The molecule has 0 fully saturated rings. The SMILES string of the molecule is Oc1cc2cccc(Br)c2cn1. The Bertz CT molecular complexity index is 428. The molecule has 0 aliphatic carbocycles. The van der Waals surface area contributed by atoms with E-state index in [0.717, 1.165) is 15.2 Å². The van der Waals surface area contributed by atoms with Crippen LogP contribution in [-0.4, -0.2) is 10.1 Å². The van der Waals surface area contributed by atoms with Gasteiger partial charge >= 0.3 is 0 Å². The van der Waals surface area contributed by atoms with Gasteiger partial charge in [-0.2, -0.15) is 0 Å². The summed E-state index contributed by atoms with van der Waals surface area (Å²) in [4.78, 5) is 3.79. The number of benzene rings is 1. The van der Waals surface area contributed by atoms with Gasteiger partial charge in [0.2, 0.25) is 5.88 Å². The summed E-state index contributed by atoms with van der Waals surface area (Å²) in [7, 11) is 0. The summed E-state index contributed by atoms with van der Waals surface area (Å²) < 4.78 is 0.993. The van der Waals surface area contributed by atoms with Crippen molar-refractivity contribution >= 4 is 26.7 Å². The van der Waals surface area contributed by atoms with Crippen LogP contribution in [0.15, 0.2) is 34.9 Å². The third-order valence-electron chi connectivity index (χ3n) is 1.70. The topological polar surface area (TPSA) is 33.1 Å². The molecule has 0 saturated heterocycles. The molecule has 1 aromatic carbocycles. The van der Waals surface area contributed by atoms with Crippen molar-refractivity contribution in [3.05, 3.63) is 34.9 Å². The van der Waals surface area contributed by atoms with E-state index in [-0.39, 0.29) is 5.88 Å². The lowest BCUT2D eigenvalue weighted by Crippen LogP contribution is -1.77. The van der Waals surface area contributed by atoms with Gasteiger partial charge in [0.15, 0.2) is 0 Å². The number of pyridine rings is 1. The number of fused-ring (bicyclic) bond motifs is 1. The third kappa shape index (κ3) is 1.16. The molecule has 0 spiro atoms. The Morgan fingerprint density at radius 2 is 2.17 bits per heavy atom. The van der Waals surface area contributed by atoms with E-state index in [1.807, 2.05) is 18.2 Å². The highest BCUT2D eigenvalue weighted by Gasteiger charge is 1.98. The van der Waals surface area contributed by atoms with E-state index in [1.54, 1.807) is 12.3 Å². The number of nitrogens with zero attached hydrogens (tertiary/aromatic N) is 1. The number of aromatic nitrogens is 1. The van der Waals surface area contributed by atoms with E-state index in [4.69, 9.17) is 5.11 Å². The predicted octanol–water partition coefficient (Wildman–Crippen LogP) is 2.70. The lowest BCUT2D eigenvalue weighted by Gasteiger charge is -1.98. The molecule has 0 unspecified atom stereocenters. The van der Waals surface area contributed by atoms with Gasteiger partial charge in [-0.25, -0.2) is 4.98 Å². The zero-order valence-corrected chi connectivity index (χ0v) is 7.75. The van der Waals surface area contributed by atoms with Crippen molar-refractivity contribution in [2.24, 2.45) is 0 Å². The Hall–Kier alpha value is -1.09. The molecule has 2 nitrogen and oxygen atoms in total. The van der Waals surface area contributed by atoms with Crippen LogP contribution in [0.25, 0.3) is 10.8 Å². The van der Waals surface area contributed by atoms with Gasteiger partial charge < -0.3 is 5.11 Å². The van der Waals surface area contributed by atoms with Crippen LogP contribution < -0.4 is 0 Å². The zero-order chi connectivity index (χ0) is 8.55. The Morgan fingerprint density at radius 3 is 3.00 bits per heavy atom. The van der Waals surface area contributed by atoms with Crippen molar-refractivity contribution in [1.29, 1.82) is 0 Å². The van der Waals surface area contributed by atoms with Crippen molar-refractivity contribution < 1.29 is 5.11 Å². The smallest absolute Gasteiger partial charge is 0.211 e. The third-order valence-corrected chi connectivity index (χ3v) is 2.39. The minimum Gasteiger partial charge on any atom is -0.493 e. The first-order valence-electron chi connectivity index (χ1n) is 3.50. The zero-order valence-electron chi connectivity index (χ0n) is 6.16. The maximum atomic E-state index is 9.09. The number of hydrogen-bond acceptors (Lipinski definition) is 2. The number of halogens is 1. The monoisotopic (exact) mass is 223 g/mol. The van der Waals surface area contributed by atoms with Crippen LogP contribution >= 0.6 is 15.9 Å². The maximum absolute atomic E-state index is 9.09. The molecule has 0 amide bonds. The van der Waals surface area contributed by atoms with Crippen LogP contribution in [0.1, 0.15) is 0 Å². The largest absolute Gasteiger partial charge is 0.493 e. The summed E-state index contributed by atoms with van der Waals surface area (Å²) >= 11 is 3.40. The molecule has 1 aromatic heterocycles. The Morgan fingerprint density at radius 1 is 1.33 bits per heavy atom. The molecule has 3 heteroatoms. The van der Waals surface area contributed by atoms with Crippen molar-refractivity contribution in [1.82, 2.24) is 4.98 Å². The van der Waals surface area contributed by atoms with Gasteiger partial charge in [0.1, 0.15) is 0 Å². The highest BCUT2D eigenvalue weighted by Crippen LogP contribution is 2.24. The minimum absolute atomic E-state index is 0.0561. The molecule has 60 valence electrons. The van der Waals surface area contributed by atoms with Gasteiger partial charge in [0.25, 0.3) is 0 Å². The van der Waals surface area contributed by atoms with Crippen molar-refractivity contribution in [3.63, 3.8) is 0 Å². The highest BCUT2D eigenvalue weighted by molar-refractivity contribution is 9.10. The second-order valence-corrected chi connectivity index (χ2v) is 3.36. The van der Waals surface area contributed by atoms with Crippen molar-refractivity contribution in [2.75, 3.05) is 0 Å². The predicted molar refractivity (Wildman–Crippen MR) is 51.1 cm³/mol. The molecule has 0 atom stereocenters. The Kier molecular flexibility index (Phi) is 1.73. The fourth-order valence-electron chi connectivity index (χ4n) is 1.12. The Balaban J connectivity index is 2.86. The van der Waals surface area contributed by atoms with Crippen LogP contribution in [0.4, 0.5) is 0 Å². The van der Waals surface area contributed by atoms with E-state index >= 15 is 0 Å². The lowest BCUT2D eigenvalue weighted by molar-refractivity contribution is 0.454. The van der Waals surface area contributed by atoms with Crippen LogP contribution in [0.3, 0.4) is 0 Å². The second-order valence-electron chi connectivity index (χ2n) is 2.50. The summed E-state index contributed by atoms with van der Waals surface area (Å²) in [5.74, 6) is 0.0561. The lowest BCUT2D eigenvalue weighted by atomic mass is 10.2. The summed E-state index contributed by atoms with van der Waals surface area (Å²) in [6.45, 7) is 0. The van der Waals surface area contributed by atoms with Gasteiger partial charge in [0.05, 0.1) is 0 Å². The molecule has 1 heterocycles. The molecule has 0 aliphatic heterocycles. The summed E-state index contributed by atoms with van der Waals surface area (Å²) in [6.07, 6.45) is 1.65. The van der Waals surface area contributed by atoms with Crippen LogP contribution in [-0.2, 0) is 0 Å². The van der Waals surface area contributed by atoms with Crippen molar-refractivity contribution in [2.45, 2.75) is 0 Å². The summed E-state index contributed by atoms with van der Waals surface area (Å²) in [5.41, 5.74) is 0. The molecular formula is C9H6BrNO. The standard InChI is InChI=1S/C9H6BrNO/c10-8-3-1-2-6-4-9(12)11-5-7(6)8/h1-5H,(H,11,12). The minimum atomic E-state index is 0.0561. The van der Waals surface area contributed by atoms with E-state index in [0.29, 0.717) is 0 Å². The van der Waals surface area contributed by atoms with Gasteiger partial charge in [-0.05, 0) is 11.5 Å². The molecule has 2 rings (SSSR count). The van der Waals surface area contributed by atoms with E-state index in [1.165, 1.54) is 0 Å².